The van der Waals surface area contributed by atoms with Gasteiger partial charge in [-0.3, -0.25) is 0 Å². The number of aryl methyl sites for hydroxylation is 1. The number of aromatic carboxylic acids is 1. The van der Waals surface area contributed by atoms with E-state index in [0.717, 1.165) is 30.2 Å². The van der Waals surface area contributed by atoms with Gasteiger partial charge in [0.15, 0.2) is 5.82 Å². The molecule has 0 radical (unpaired) electrons. The summed E-state index contributed by atoms with van der Waals surface area (Å²) in [6.07, 6.45) is 1.74. The summed E-state index contributed by atoms with van der Waals surface area (Å²) in [4.78, 5) is 13.1. The average molecular weight is 258 g/mol. The average Bonchev–Trinajstić information content (AvgIpc) is 2.85. The van der Waals surface area contributed by atoms with E-state index in [2.05, 4.69) is 15.1 Å². The zero-order chi connectivity index (χ0) is 13.4. The predicted octanol–water partition coefficient (Wildman–Crippen LogP) is 1.30. The van der Waals surface area contributed by atoms with Gasteiger partial charge in [-0.25, -0.2) is 4.79 Å². The zero-order valence-electron chi connectivity index (χ0n) is 10.6. The molecule has 2 aromatic rings. The first-order valence-electron chi connectivity index (χ1n) is 6.11. The molecule has 0 saturated carbocycles. The van der Waals surface area contributed by atoms with Crippen LogP contribution in [0.3, 0.4) is 0 Å². The van der Waals surface area contributed by atoms with Crippen molar-refractivity contribution in [2.45, 2.75) is 20.0 Å². The molecule has 1 aromatic heterocycles. The summed E-state index contributed by atoms with van der Waals surface area (Å²) >= 11 is 0. The Morgan fingerprint density at radius 1 is 1.37 bits per heavy atom. The van der Waals surface area contributed by atoms with Gasteiger partial charge in [0, 0.05) is 18.8 Å². The van der Waals surface area contributed by atoms with Crippen molar-refractivity contribution >= 4 is 11.7 Å². The van der Waals surface area contributed by atoms with E-state index in [1.807, 2.05) is 17.6 Å². The van der Waals surface area contributed by atoms with Gasteiger partial charge in [0.1, 0.15) is 6.33 Å². The number of aromatic nitrogens is 3. The maximum Gasteiger partial charge on any atom is 0.335 e. The molecule has 0 amide bonds. The van der Waals surface area contributed by atoms with Gasteiger partial charge in [-0.15, -0.1) is 10.2 Å². The molecule has 1 N–H and O–H groups in total. The summed E-state index contributed by atoms with van der Waals surface area (Å²) in [5.74, 6) is 0.0426. The quantitative estimate of drug-likeness (QED) is 0.879. The fraction of sp³-hybridized carbons (Fsp3) is 0.308. The highest BCUT2D eigenvalue weighted by Gasteiger charge is 2.19. The second kappa shape index (κ2) is 4.38. The lowest BCUT2D eigenvalue weighted by Crippen LogP contribution is -2.34. The molecule has 0 spiro atoms. The first-order chi connectivity index (χ1) is 9.15. The number of carboxylic acid groups (broad SMARTS) is 1. The van der Waals surface area contributed by atoms with Crippen LogP contribution in [0.4, 0.5) is 5.69 Å². The third kappa shape index (κ3) is 2.05. The minimum Gasteiger partial charge on any atom is -0.478 e. The molecule has 0 aliphatic carbocycles. The fourth-order valence-electron chi connectivity index (χ4n) is 2.42. The van der Waals surface area contributed by atoms with Crippen LogP contribution in [0.5, 0.6) is 0 Å². The van der Waals surface area contributed by atoms with Crippen molar-refractivity contribution in [3.63, 3.8) is 0 Å². The molecule has 6 heteroatoms. The van der Waals surface area contributed by atoms with E-state index in [-0.39, 0.29) is 0 Å². The highest BCUT2D eigenvalue weighted by Crippen LogP contribution is 2.24. The molecule has 3 rings (SSSR count). The number of rotatable bonds is 2. The Bertz CT molecular complexity index is 635. The lowest BCUT2D eigenvalue weighted by atomic mass is 10.1. The lowest BCUT2D eigenvalue weighted by Gasteiger charge is -2.30. The van der Waals surface area contributed by atoms with Crippen molar-refractivity contribution < 1.29 is 9.90 Å². The van der Waals surface area contributed by atoms with Gasteiger partial charge < -0.3 is 14.6 Å². The molecule has 2 heterocycles. The van der Waals surface area contributed by atoms with E-state index in [0.29, 0.717) is 12.1 Å². The number of hydrogen-bond donors (Lipinski definition) is 1. The molecule has 6 nitrogen and oxygen atoms in total. The zero-order valence-corrected chi connectivity index (χ0v) is 10.6. The standard InChI is InChI=1S/C13H14N4O2/c1-9-6-10(13(18)19)2-3-11(9)16-4-5-17-8-14-15-12(17)7-16/h2-3,6,8H,4-5,7H2,1H3,(H,18,19). The van der Waals surface area contributed by atoms with Crippen LogP contribution in [0.1, 0.15) is 21.7 Å². The van der Waals surface area contributed by atoms with Crippen molar-refractivity contribution in [2.24, 2.45) is 0 Å². The number of carboxylic acids is 1. The summed E-state index contributed by atoms with van der Waals surface area (Å²) in [5, 5.41) is 17.0. The number of hydrogen-bond acceptors (Lipinski definition) is 4. The maximum atomic E-state index is 10.9. The van der Waals surface area contributed by atoms with E-state index in [1.165, 1.54) is 0 Å². The van der Waals surface area contributed by atoms with Crippen molar-refractivity contribution in [1.82, 2.24) is 14.8 Å². The third-order valence-corrected chi connectivity index (χ3v) is 3.42. The topological polar surface area (TPSA) is 71.2 Å². The first kappa shape index (κ1) is 11.7. The summed E-state index contributed by atoms with van der Waals surface area (Å²) in [6.45, 7) is 4.36. The molecule has 0 saturated heterocycles. The molecule has 0 fully saturated rings. The van der Waals surface area contributed by atoms with Crippen LogP contribution in [-0.4, -0.2) is 32.4 Å². The molecule has 1 aliphatic heterocycles. The Morgan fingerprint density at radius 3 is 2.95 bits per heavy atom. The van der Waals surface area contributed by atoms with Gasteiger partial charge in [-0.1, -0.05) is 0 Å². The minimum absolute atomic E-state index is 0.321. The largest absolute Gasteiger partial charge is 0.478 e. The Morgan fingerprint density at radius 2 is 2.21 bits per heavy atom. The number of fused-ring (bicyclic) bond motifs is 1. The first-order valence-corrected chi connectivity index (χ1v) is 6.11. The van der Waals surface area contributed by atoms with Crippen molar-refractivity contribution in [3.05, 3.63) is 41.5 Å². The third-order valence-electron chi connectivity index (χ3n) is 3.42. The van der Waals surface area contributed by atoms with Crippen LogP contribution < -0.4 is 4.90 Å². The number of nitrogens with zero attached hydrogens (tertiary/aromatic N) is 4. The Kier molecular flexibility index (Phi) is 2.70. The van der Waals surface area contributed by atoms with Gasteiger partial charge in [0.05, 0.1) is 12.1 Å². The Hall–Kier alpha value is -2.37. The summed E-state index contributed by atoms with van der Waals surface area (Å²) in [5.41, 5.74) is 2.34. The molecule has 1 aliphatic rings. The van der Waals surface area contributed by atoms with Crippen LogP contribution in [0.15, 0.2) is 24.5 Å². The number of anilines is 1. The van der Waals surface area contributed by atoms with Gasteiger partial charge in [-0.2, -0.15) is 0 Å². The lowest BCUT2D eigenvalue weighted by molar-refractivity contribution is 0.0697. The SMILES string of the molecule is Cc1cc(C(=O)O)ccc1N1CCn2cnnc2C1. The Balaban J connectivity index is 1.90. The van der Waals surface area contributed by atoms with Crippen LogP contribution in [0.2, 0.25) is 0 Å². The molecule has 0 bridgehead atoms. The van der Waals surface area contributed by atoms with Crippen LogP contribution in [0, 0.1) is 6.92 Å². The van der Waals surface area contributed by atoms with Gasteiger partial charge in [0.2, 0.25) is 0 Å². The molecular formula is C13H14N4O2. The van der Waals surface area contributed by atoms with Crippen LogP contribution in [-0.2, 0) is 13.1 Å². The highest BCUT2D eigenvalue weighted by atomic mass is 16.4. The predicted molar refractivity (Wildman–Crippen MR) is 69.2 cm³/mol. The van der Waals surface area contributed by atoms with E-state index >= 15 is 0 Å². The summed E-state index contributed by atoms with van der Waals surface area (Å²) in [7, 11) is 0. The van der Waals surface area contributed by atoms with E-state index in [9.17, 15) is 4.79 Å². The second-order valence-corrected chi connectivity index (χ2v) is 4.67. The highest BCUT2D eigenvalue weighted by molar-refractivity contribution is 5.88. The van der Waals surface area contributed by atoms with Crippen LogP contribution >= 0.6 is 0 Å². The van der Waals surface area contributed by atoms with E-state index < -0.39 is 5.97 Å². The monoisotopic (exact) mass is 258 g/mol. The maximum absolute atomic E-state index is 10.9. The molecule has 0 atom stereocenters. The smallest absolute Gasteiger partial charge is 0.335 e. The van der Waals surface area contributed by atoms with Gasteiger partial charge in [-0.05, 0) is 30.7 Å². The van der Waals surface area contributed by atoms with Crippen LogP contribution in [0.25, 0.3) is 0 Å². The number of carbonyl (C=O) groups is 1. The minimum atomic E-state index is -0.895. The molecule has 1 aromatic carbocycles. The van der Waals surface area contributed by atoms with Crippen molar-refractivity contribution in [3.8, 4) is 0 Å². The molecular weight excluding hydrogens is 244 g/mol. The van der Waals surface area contributed by atoms with Gasteiger partial charge in [0.25, 0.3) is 0 Å². The molecule has 19 heavy (non-hydrogen) atoms. The Labute approximate surface area is 110 Å². The second-order valence-electron chi connectivity index (χ2n) is 4.67. The summed E-state index contributed by atoms with van der Waals surface area (Å²) in [6, 6.07) is 5.21. The summed E-state index contributed by atoms with van der Waals surface area (Å²) < 4.78 is 2.04. The molecule has 0 unspecified atom stereocenters. The van der Waals surface area contributed by atoms with E-state index in [1.54, 1.807) is 18.5 Å². The molecule has 98 valence electrons. The van der Waals surface area contributed by atoms with Gasteiger partial charge >= 0.3 is 5.97 Å². The number of benzene rings is 1. The van der Waals surface area contributed by atoms with Crippen molar-refractivity contribution in [2.75, 3.05) is 11.4 Å². The van der Waals surface area contributed by atoms with E-state index in [4.69, 9.17) is 5.11 Å². The normalized spacial score (nSPS) is 14.3. The van der Waals surface area contributed by atoms with Crippen molar-refractivity contribution in [1.29, 1.82) is 0 Å². The fourth-order valence-corrected chi connectivity index (χ4v) is 2.42.